The molecule has 0 bridgehead atoms. The van der Waals surface area contributed by atoms with Crippen molar-refractivity contribution in [3.8, 4) is 22.4 Å². The molecule has 4 rings (SSSR count). The van der Waals surface area contributed by atoms with E-state index in [1.54, 1.807) is 30.5 Å². The number of aromatic amines is 1. The minimum atomic E-state index is -3.28. The van der Waals surface area contributed by atoms with Crippen LogP contribution in [0.3, 0.4) is 0 Å². The smallest absolute Gasteiger partial charge is 0.229 e. The average molecular weight is 484 g/mol. The van der Waals surface area contributed by atoms with Gasteiger partial charge in [0.05, 0.1) is 23.2 Å². The molecular formula is C24H19Cl2N3O2S. The highest BCUT2D eigenvalue weighted by molar-refractivity contribution is 7.92. The van der Waals surface area contributed by atoms with Crippen molar-refractivity contribution in [2.75, 3.05) is 11.0 Å². The van der Waals surface area contributed by atoms with Crippen LogP contribution >= 0.6 is 23.2 Å². The number of anilines is 1. The number of imidazole rings is 1. The van der Waals surface area contributed by atoms with Gasteiger partial charge in [-0.05, 0) is 53.1 Å². The number of H-pyrrole nitrogens is 1. The molecule has 0 fully saturated rings. The molecule has 0 radical (unpaired) electrons. The highest BCUT2D eigenvalue weighted by Gasteiger charge is 2.07. The molecule has 5 nitrogen and oxygen atoms in total. The number of halogens is 2. The van der Waals surface area contributed by atoms with Crippen molar-refractivity contribution < 1.29 is 8.42 Å². The van der Waals surface area contributed by atoms with Crippen LogP contribution < -0.4 is 4.72 Å². The number of sulfonamides is 1. The van der Waals surface area contributed by atoms with Crippen LogP contribution in [0, 0.1) is 0 Å². The van der Waals surface area contributed by atoms with Crippen LogP contribution in [-0.2, 0) is 10.0 Å². The van der Waals surface area contributed by atoms with E-state index < -0.39 is 10.0 Å². The fraction of sp³-hybridized carbons (Fsp3) is 0.0417. The van der Waals surface area contributed by atoms with Gasteiger partial charge in [0.25, 0.3) is 0 Å². The number of hydrogen-bond acceptors (Lipinski definition) is 3. The standard InChI is InChI=1S/C24H19Cl2N3O2S/c1-32(30,31)29-20-10-7-18(8-11-20)17-5-2-16(3-6-17)4-13-24-27-15-23(28-24)21-12-9-19(25)14-22(21)26/h2-15,29H,1H3,(H,27,28)/b13-4+. The van der Waals surface area contributed by atoms with E-state index in [1.807, 2.05) is 54.6 Å². The number of rotatable bonds is 6. The van der Waals surface area contributed by atoms with Crippen LogP contribution in [0.25, 0.3) is 34.5 Å². The Kier molecular flexibility index (Phi) is 6.37. The molecule has 0 aliphatic rings. The molecule has 0 saturated carbocycles. The molecular weight excluding hydrogens is 465 g/mol. The van der Waals surface area contributed by atoms with Gasteiger partial charge < -0.3 is 4.98 Å². The van der Waals surface area contributed by atoms with Gasteiger partial charge in [-0.2, -0.15) is 0 Å². The zero-order valence-electron chi connectivity index (χ0n) is 17.0. The average Bonchev–Trinajstić information content (AvgIpc) is 3.21. The van der Waals surface area contributed by atoms with Gasteiger partial charge in [0, 0.05) is 16.3 Å². The fourth-order valence-electron chi connectivity index (χ4n) is 3.17. The second-order valence-corrected chi connectivity index (χ2v) is 9.81. The third kappa shape index (κ3) is 5.59. The first-order chi connectivity index (χ1) is 15.3. The van der Waals surface area contributed by atoms with Gasteiger partial charge in [-0.3, -0.25) is 4.72 Å². The molecule has 0 aliphatic carbocycles. The lowest BCUT2D eigenvalue weighted by Gasteiger charge is -2.06. The summed E-state index contributed by atoms with van der Waals surface area (Å²) in [5, 5.41) is 1.15. The molecule has 0 unspecified atom stereocenters. The highest BCUT2D eigenvalue weighted by atomic mass is 35.5. The van der Waals surface area contributed by atoms with E-state index >= 15 is 0 Å². The van der Waals surface area contributed by atoms with E-state index in [-0.39, 0.29) is 0 Å². The molecule has 0 amide bonds. The summed E-state index contributed by atoms with van der Waals surface area (Å²) in [6, 6.07) is 20.6. The maximum absolute atomic E-state index is 11.3. The van der Waals surface area contributed by atoms with E-state index in [2.05, 4.69) is 14.7 Å². The number of aromatic nitrogens is 2. The number of hydrogen-bond donors (Lipinski definition) is 2. The summed E-state index contributed by atoms with van der Waals surface area (Å²) >= 11 is 12.2. The van der Waals surface area contributed by atoms with Gasteiger partial charge >= 0.3 is 0 Å². The van der Waals surface area contributed by atoms with Crippen LogP contribution in [0.1, 0.15) is 11.4 Å². The van der Waals surface area contributed by atoms with Crippen LogP contribution in [-0.4, -0.2) is 24.6 Å². The monoisotopic (exact) mass is 483 g/mol. The second kappa shape index (κ2) is 9.20. The van der Waals surface area contributed by atoms with Gasteiger partial charge in [0.1, 0.15) is 5.82 Å². The van der Waals surface area contributed by atoms with Crippen LogP contribution in [0.2, 0.25) is 10.0 Å². The van der Waals surface area contributed by atoms with Crippen molar-refractivity contribution >= 4 is 51.1 Å². The van der Waals surface area contributed by atoms with Gasteiger partial charge in [-0.15, -0.1) is 0 Å². The minimum Gasteiger partial charge on any atom is -0.338 e. The highest BCUT2D eigenvalue weighted by Crippen LogP contribution is 2.29. The summed E-state index contributed by atoms with van der Waals surface area (Å²) in [5.41, 5.74) is 5.24. The van der Waals surface area contributed by atoms with Gasteiger partial charge in [0.15, 0.2) is 0 Å². The van der Waals surface area contributed by atoms with Crippen LogP contribution in [0.4, 0.5) is 5.69 Å². The quantitative estimate of drug-likeness (QED) is 0.324. The summed E-state index contributed by atoms with van der Waals surface area (Å²) in [6.07, 6.45) is 6.73. The fourth-order valence-corrected chi connectivity index (χ4v) is 4.25. The van der Waals surface area contributed by atoms with Crippen LogP contribution in [0.15, 0.2) is 72.9 Å². The first kappa shape index (κ1) is 22.1. The summed E-state index contributed by atoms with van der Waals surface area (Å²) in [4.78, 5) is 7.63. The van der Waals surface area contributed by atoms with Crippen molar-refractivity contribution in [2.24, 2.45) is 0 Å². The number of benzene rings is 3. The van der Waals surface area contributed by atoms with Crippen molar-refractivity contribution in [3.05, 3.63) is 94.4 Å². The molecule has 1 heterocycles. The lowest BCUT2D eigenvalue weighted by Crippen LogP contribution is -2.09. The molecule has 3 aromatic carbocycles. The Balaban J connectivity index is 1.45. The molecule has 0 spiro atoms. The lowest BCUT2D eigenvalue weighted by atomic mass is 10.0. The van der Waals surface area contributed by atoms with E-state index in [9.17, 15) is 8.42 Å². The largest absolute Gasteiger partial charge is 0.338 e. The maximum Gasteiger partial charge on any atom is 0.229 e. The number of nitrogens with zero attached hydrogens (tertiary/aromatic N) is 1. The van der Waals surface area contributed by atoms with E-state index in [0.717, 1.165) is 34.2 Å². The van der Waals surface area contributed by atoms with Crippen molar-refractivity contribution in [3.63, 3.8) is 0 Å². The first-order valence-corrected chi connectivity index (χ1v) is 12.3. The van der Waals surface area contributed by atoms with Gasteiger partial charge in [0.2, 0.25) is 10.0 Å². The third-order valence-electron chi connectivity index (χ3n) is 4.68. The maximum atomic E-state index is 11.3. The molecule has 0 saturated heterocycles. The van der Waals surface area contributed by atoms with E-state index in [0.29, 0.717) is 21.6 Å². The summed E-state index contributed by atoms with van der Waals surface area (Å²) in [6.45, 7) is 0. The zero-order chi connectivity index (χ0) is 22.7. The van der Waals surface area contributed by atoms with E-state index in [1.165, 1.54) is 0 Å². The Morgan fingerprint density at radius 3 is 2.19 bits per heavy atom. The van der Waals surface area contributed by atoms with Gasteiger partial charge in [-0.1, -0.05) is 65.7 Å². The SMILES string of the molecule is CS(=O)(=O)Nc1ccc(-c2ccc(/C=C/c3ncc(-c4ccc(Cl)cc4Cl)[nH]3)cc2)cc1. The second-order valence-electron chi connectivity index (χ2n) is 7.21. The molecule has 32 heavy (non-hydrogen) atoms. The van der Waals surface area contributed by atoms with Crippen LogP contribution in [0.5, 0.6) is 0 Å². The van der Waals surface area contributed by atoms with Crippen molar-refractivity contribution in [1.29, 1.82) is 0 Å². The minimum absolute atomic E-state index is 0.536. The Bertz CT molecular complexity index is 1380. The predicted molar refractivity (Wildman–Crippen MR) is 133 cm³/mol. The predicted octanol–water partition coefficient (Wildman–Crippen LogP) is 6.59. The molecule has 1 aromatic heterocycles. The summed E-state index contributed by atoms with van der Waals surface area (Å²) in [5.74, 6) is 0.712. The molecule has 162 valence electrons. The van der Waals surface area contributed by atoms with Gasteiger partial charge in [-0.25, -0.2) is 13.4 Å². The molecule has 2 N–H and O–H groups in total. The van der Waals surface area contributed by atoms with E-state index in [4.69, 9.17) is 23.2 Å². The third-order valence-corrected chi connectivity index (χ3v) is 5.84. The normalized spacial score (nSPS) is 11.7. The lowest BCUT2D eigenvalue weighted by molar-refractivity contribution is 0.607. The Morgan fingerprint density at radius 1 is 0.906 bits per heavy atom. The first-order valence-electron chi connectivity index (χ1n) is 9.64. The summed E-state index contributed by atoms with van der Waals surface area (Å²) < 4.78 is 25.1. The Morgan fingerprint density at radius 2 is 1.56 bits per heavy atom. The molecule has 0 aliphatic heterocycles. The topological polar surface area (TPSA) is 74.8 Å². The molecule has 0 atom stereocenters. The molecule has 4 aromatic rings. The summed E-state index contributed by atoms with van der Waals surface area (Å²) in [7, 11) is -3.28. The zero-order valence-corrected chi connectivity index (χ0v) is 19.3. The number of nitrogens with one attached hydrogen (secondary N) is 2. The Hall–Kier alpha value is -3.06. The van der Waals surface area contributed by atoms with Crippen molar-refractivity contribution in [1.82, 2.24) is 9.97 Å². The Labute approximate surface area is 196 Å². The molecule has 8 heteroatoms. The van der Waals surface area contributed by atoms with Crippen molar-refractivity contribution in [2.45, 2.75) is 0 Å².